The highest BCUT2D eigenvalue weighted by molar-refractivity contribution is 5.45. The highest BCUT2D eigenvalue weighted by Gasteiger charge is 2.38. The van der Waals surface area contributed by atoms with E-state index in [1.165, 1.54) is 25.3 Å². The molecule has 1 fully saturated rings. The third-order valence-electron chi connectivity index (χ3n) is 4.78. The van der Waals surface area contributed by atoms with Gasteiger partial charge in [0.25, 0.3) is 0 Å². The molecule has 1 aromatic rings. The Morgan fingerprint density at radius 2 is 2.15 bits per heavy atom. The van der Waals surface area contributed by atoms with E-state index in [1.807, 2.05) is 6.07 Å². The molecule has 1 saturated carbocycles. The minimum atomic E-state index is -0.163. The molecule has 0 spiro atoms. The summed E-state index contributed by atoms with van der Waals surface area (Å²) in [5, 5.41) is 3.51. The summed E-state index contributed by atoms with van der Waals surface area (Å²) in [7, 11) is 4.12. The van der Waals surface area contributed by atoms with Gasteiger partial charge in [-0.15, -0.1) is 0 Å². The first-order valence-corrected chi connectivity index (χ1v) is 7.58. The van der Waals surface area contributed by atoms with Gasteiger partial charge in [0.15, 0.2) is 0 Å². The molecule has 0 bridgehead atoms. The quantitative estimate of drug-likeness (QED) is 0.904. The molecule has 0 radical (unpaired) electrons. The van der Waals surface area contributed by atoms with E-state index in [-0.39, 0.29) is 5.82 Å². The molecule has 0 saturated heterocycles. The fourth-order valence-electron chi connectivity index (χ4n) is 3.77. The van der Waals surface area contributed by atoms with Crippen LogP contribution in [0.3, 0.4) is 0 Å². The lowest BCUT2D eigenvalue weighted by Gasteiger charge is -2.45. The van der Waals surface area contributed by atoms with Crippen molar-refractivity contribution in [1.29, 1.82) is 0 Å². The number of rotatable bonds is 4. The molecule has 0 aromatic heterocycles. The molecule has 3 heteroatoms. The molecule has 1 aliphatic rings. The molecule has 0 amide bonds. The van der Waals surface area contributed by atoms with Crippen molar-refractivity contribution in [2.24, 2.45) is 11.3 Å². The Labute approximate surface area is 122 Å². The van der Waals surface area contributed by atoms with Gasteiger partial charge in [-0.1, -0.05) is 26.3 Å². The highest BCUT2D eigenvalue weighted by atomic mass is 19.1. The summed E-state index contributed by atoms with van der Waals surface area (Å²) in [6.45, 7) is 5.67. The molecule has 1 N–H and O–H groups in total. The van der Waals surface area contributed by atoms with E-state index >= 15 is 0 Å². The van der Waals surface area contributed by atoms with Gasteiger partial charge in [-0.2, -0.15) is 0 Å². The average molecular weight is 278 g/mol. The van der Waals surface area contributed by atoms with Gasteiger partial charge >= 0.3 is 0 Å². The Kier molecular flexibility index (Phi) is 4.69. The highest BCUT2D eigenvalue weighted by Crippen LogP contribution is 2.39. The Balaban J connectivity index is 2.08. The van der Waals surface area contributed by atoms with E-state index in [2.05, 4.69) is 38.2 Å². The van der Waals surface area contributed by atoms with Gasteiger partial charge in [-0.25, -0.2) is 4.39 Å². The van der Waals surface area contributed by atoms with Crippen molar-refractivity contribution in [3.63, 3.8) is 0 Å². The number of nitrogens with one attached hydrogen (secondary N) is 1. The third kappa shape index (κ3) is 3.32. The average Bonchev–Trinajstić information content (AvgIpc) is 2.38. The zero-order valence-electron chi connectivity index (χ0n) is 13.1. The van der Waals surface area contributed by atoms with Crippen molar-refractivity contribution in [3.8, 4) is 0 Å². The van der Waals surface area contributed by atoms with Crippen LogP contribution in [0, 0.1) is 17.2 Å². The number of anilines is 1. The van der Waals surface area contributed by atoms with Crippen molar-refractivity contribution in [3.05, 3.63) is 30.1 Å². The van der Waals surface area contributed by atoms with Crippen LogP contribution in [0.5, 0.6) is 0 Å². The molecular weight excluding hydrogens is 251 g/mol. The number of benzene rings is 1. The van der Waals surface area contributed by atoms with Crippen molar-refractivity contribution < 1.29 is 4.39 Å². The van der Waals surface area contributed by atoms with Gasteiger partial charge < -0.3 is 10.2 Å². The Bertz CT molecular complexity index is 444. The Morgan fingerprint density at radius 3 is 2.80 bits per heavy atom. The SMILES string of the molecule is CNC1C(CN(C)c2cccc(F)c2)CCCC1(C)C. The van der Waals surface area contributed by atoms with Crippen molar-refractivity contribution in [2.45, 2.75) is 39.2 Å². The molecule has 1 aliphatic carbocycles. The largest absolute Gasteiger partial charge is 0.374 e. The standard InChI is InChI=1S/C17H27FN2/c1-17(2)10-6-7-13(16(17)19-3)12-20(4)15-9-5-8-14(18)11-15/h5,8-9,11,13,16,19H,6-7,10,12H2,1-4H3. The molecule has 2 nitrogen and oxygen atoms in total. The molecule has 1 aromatic carbocycles. The van der Waals surface area contributed by atoms with Crippen LogP contribution in [0.25, 0.3) is 0 Å². The zero-order valence-corrected chi connectivity index (χ0v) is 13.1. The minimum absolute atomic E-state index is 0.163. The second-order valence-electron chi connectivity index (χ2n) is 6.77. The zero-order chi connectivity index (χ0) is 14.8. The first kappa shape index (κ1) is 15.3. The maximum absolute atomic E-state index is 13.3. The van der Waals surface area contributed by atoms with E-state index < -0.39 is 0 Å². The predicted molar refractivity (Wildman–Crippen MR) is 83.6 cm³/mol. The van der Waals surface area contributed by atoms with Crippen LogP contribution in [0.15, 0.2) is 24.3 Å². The van der Waals surface area contributed by atoms with Crippen LogP contribution < -0.4 is 10.2 Å². The number of hydrogen-bond donors (Lipinski definition) is 1. The van der Waals surface area contributed by atoms with Gasteiger partial charge in [0.1, 0.15) is 5.82 Å². The second kappa shape index (κ2) is 6.13. The summed E-state index contributed by atoms with van der Waals surface area (Å²) in [6.07, 6.45) is 3.81. The summed E-state index contributed by atoms with van der Waals surface area (Å²) < 4.78 is 13.3. The summed E-state index contributed by atoms with van der Waals surface area (Å²) in [4.78, 5) is 2.18. The molecule has 2 rings (SSSR count). The van der Waals surface area contributed by atoms with Gasteiger partial charge in [0, 0.05) is 25.3 Å². The molecule has 20 heavy (non-hydrogen) atoms. The van der Waals surface area contributed by atoms with E-state index in [9.17, 15) is 4.39 Å². The van der Waals surface area contributed by atoms with Gasteiger partial charge in [-0.05, 0) is 49.4 Å². The third-order valence-corrected chi connectivity index (χ3v) is 4.78. The van der Waals surface area contributed by atoms with Crippen LogP contribution in [-0.4, -0.2) is 26.7 Å². The molecule has 0 heterocycles. The molecule has 2 atom stereocenters. The van der Waals surface area contributed by atoms with Crippen LogP contribution in [-0.2, 0) is 0 Å². The fourth-order valence-corrected chi connectivity index (χ4v) is 3.77. The summed E-state index contributed by atoms with van der Waals surface area (Å²) in [6, 6.07) is 7.39. The molecule has 0 aliphatic heterocycles. The maximum Gasteiger partial charge on any atom is 0.125 e. The summed E-state index contributed by atoms with van der Waals surface area (Å²) in [5.41, 5.74) is 1.30. The number of hydrogen-bond acceptors (Lipinski definition) is 2. The topological polar surface area (TPSA) is 15.3 Å². The van der Waals surface area contributed by atoms with Gasteiger partial charge in [0.05, 0.1) is 0 Å². The van der Waals surface area contributed by atoms with Gasteiger partial charge in [0.2, 0.25) is 0 Å². The lowest BCUT2D eigenvalue weighted by Crippen LogP contribution is -2.51. The molecule has 2 unspecified atom stereocenters. The summed E-state index contributed by atoms with van der Waals surface area (Å²) in [5.74, 6) is 0.445. The minimum Gasteiger partial charge on any atom is -0.374 e. The Hall–Kier alpha value is -1.09. The molecule has 112 valence electrons. The van der Waals surface area contributed by atoms with Crippen molar-refractivity contribution in [1.82, 2.24) is 5.32 Å². The predicted octanol–water partition coefficient (Wildman–Crippen LogP) is 3.68. The van der Waals surface area contributed by atoms with Crippen molar-refractivity contribution >= 4 is 5.69 Å². The first-order chi connectivity index (χ1) is 9.44. The molecular formula is C17H27FN2. The van der Waals surface area contributed by atoms with Crippen LogP contribution in [0.2, 0.25) is 0 Å². The van der Waals surface area contributed by atoms with E-state index in [4.69, 9.17) is 0 Å². The van der Waals surface area contributed by atoms with Crippen molar-refractivity contribution in [2.75, 3.05) is 25.5 Å². The van der Waals surface area contributed by atoms with E-state index in [0.29, 0.717) is 17.4 Å². The van der Waals surface area contributed by atoms with Gasteiger partial charge in [-0.3, -0.25) is 0 Å². The monoisotopic (exact) mass is 278 g/mol. The lowest BCUT2D eigenvalue weighted by molar-refractivity contribution is 0.118. The fraction of sp³-hybridized carbons (Fsp3) is 0.647. The maximum atomic E-state index is 13.3. The first-order valence-electron chi connectivity index (χ1n) is 7.58. The van der Waals surface area contributed by atoms with Crippen LogP contribution in [0.1, 0.15) is 33.1 Å². The van der Waals surface area contributed by atoms with Crippen LogP contribution >= 0.6 is 0 Å². The van der Waals surface area contributed by atoms with Crippen LogP contribution in [0.4, 0.5) is 10.1 Å². The smallest absolute Gasteiger partial charge is 0.125 e. The second-order valence-corrected chi connectivity index (χ2v) is 6.77. The van der Waals surface area contributed by atoms with E-state index in [0.717, 1.165) is 12.2 Å². The lowest BCUT2D eigenvalue weighted by atomic mass is 9.68. The number of nitrogens with zero attached hydrogens (tertiary/aromatic N) is 1. The Morgan fingerprint density at radius 1 is 1.40 bits per heavy atom. The summed E-state index contributed by atoms with van der Waals surface area (Å²) >= 11 is 0. The number of halogens is 1. The van der Waals surface area contributed by atoms with E-state index in [1.54, 1.807) is 12.1 Å². The normalized spacial score (nSPS) is 25.4.